The molecule has 2 N–H and O–H groups in total. The maximum Gasteiger partial charge on any atom is 0.417 e. The van der Waals surface area contributed by atoms with Gasteiger partial charge in [-0.05, 0) is 31.0 Å². The molecule has 0 atom stereocenters. The molecule has 1 fully saturated rings. The van der Waals surface area contributed by atoms with Gasteiger partial charge in [0.05, 0.1) is 17.2 Å². The van der Waals surface area contributed by atoms with E-state index in [1.54, 1.807) is 0 Å². The van der Waals surface area contributed by atoms with E-state index in [0.29, 0.717) is 12.8 Å². The second kappa shape index (κ2) is 4.50. The molecule has 1 aliphatic rings. The summed E-state index contributed by atoms with van der Waals surface area (Å²) in [5, 5.41) is 8.64. The van der Waals surface area contributed by atoms with Crippen LogP contribution in [-0.2, 0) is 6.18 Å². The van der Waals surface area contributed by atoms with Crippen LogP contribution >= 0.6 is 0 Å². The minimum atomic E-state index is -4.56. The van der Waals surface area contributed by atoms with Gasteiger partial charge in [-0.25, -0.2) is 0 Å². The summed E-state index contributed by atoms with van der Waals surface area (Å²) < 4.78 is 43.4. The van der Waals surface area contributed by atoms with Crippen LogP contribution in [0, 0.1) is 11.3 Å². The molecule has 3 nitrogen and oxygen atoms in total. The van der Waals surface area contributed by atoms with Crippen LogP contribution in [0.25, 0.3) is 0 Å². The van der Waals surface area contributed by atoms with E-state index >= 15 is 0 Å². The molecule has 0 unspecified atom stereocenters. The van der Waals surface area contributed by atoms with Gasteiger partial charge in [-0.15, -0.1) is 0 Å². The average molecular weight is 256 g/mol. The molecule has 6 heteroatoms. The normalized spacial score (nSPS) is 23.1. The third-order valence-electron chi connectivity index (χ3n) is 2.85. The second-order valence-corrected chi connectivity index (χ2v) is 4.29. The van der Waals surface area contributed by atoms with Crippen molar-refractivity contribution in [3.05, 3.63) is 29.3 Å². The summed E-state index contributed by atoms with van der Waals surface area (Å²) in [5.74, 6) is 0.123. The zero-order valence-corrected chi connectivity index (χ0v) is 9.37. The smallest absolute Gasteiger partial charge is 0.417 e. The molecular weight excluding hydrogens is 245 g/mol. The largest absolute Gasteiger partial charge is 0.490 e. The van der Waals surface area contributed by atoms with Gasteiger partial charge in [0.25, 0.3) is 0 Å². The van der Waals surface area contributed by atoms with E-state index in [4.69, 9.17) is 15.7 Å². The fourth-order valence-corrected chi connectivity index (χ4v) is 1.82. The Morgan fingerprint density at radius 2 is 2.00 bits per heavy atom. The van der Waals surface area contributed by atoms with Gasteiger partial charge >= 0.3 is 6.18 Å². The maximum atomic E-state index is 12.7. The molecule has 0 aromatic heterocycles. The zero-order chi connectivity index (χ0) is 13.3. The fourth-order valence-electron chi connectivity index (χ4n) is 1.82. The van der Waals surface area contributed by atoms with Gasteiger partial charge in [-0.2, -0.15) is 18.4 Å². The third-order valence-corrected chi connectivity index (χ3v) is 2.85. The molecule has 0 radical (unpaired) electrons. The lowest BCUT2D eigenvalue weighted by molar-refractivity contribution is -0.138. The molecular formula is C12H11F3N2O. The van der Waals surface area contributed by atoms with Crippen LogP contribution < -0.4 is 10.5 Å². The molecule has 0 heterocycles. The monoisotopic (exact) mass is 256 g/mol. The van der Waals surface area contributed by atoms with Crippen molar-refractivity contribution in [2.75, 3.05) is 0 Å². The van der Waals surface area contributed by atoms with Crippen LogP contribution in [0.4, 0.5) is 13.2 Å². The van der Waals surface area contributed by atoms with E-state index in [2.05, 4.69) is 0 Å². The summed E-state index contributed by atoms with van der Waals surface area (Å²) in [5.41, 5.74) is 4.20. The first-order valence-electron chi connectivity index (χ1n) is 5.43. The van der Waals surface area contributed by atoms with Crippen LogP contribution in [0.2, 0.25) is 0 Å². The second-order valence-electron chi connectivity index (χ2n) is 4.29. The van der Waals surface area contributed by atoms with Crippen molar-refractivity contribution in [3.63, 3.8) is 0 Å². The highest BCUT2D eigenvalue weighted by Gasteiger charge is 2.35. The van der Waals surface area contributed by atoms with Gasteiger partial charge in [0.2, 0.25) is 0 Å². The number of alkyl halides is 3. The molecule has 1 aromatic rings. The van der Waals surface area contributed by atoms with Gasteiger partial charge in [-0.1, -0.05) is 0 Å². The number of halogens is 3. The number of nitrogens with zero attached hydrogens (tertiary/aromatic N) is 1. The van der Waals surface area contributed by atoms with E-state index in [0.717, 1.165) is 12.1 Å². The van der Waals surface area contributed by atoms with Crippen LogP contribution in [-0.4, -0.2) is 12.1 Å². The van der Waals surface area contributed by atoms with E-state index in [9.17, 15) is 13.2 Å². The summed E-state index contributed by atoms with van der Waals surface area (Å²) in [6.45, 7) is 0. The minimum absolute atomic E-state index is 0.0652. The van der Waals surface area contributed by atoms with Crippen LogP contribution in [0.15, 0.2) is 18.2 Å². The number of rotatable bonds is 2. The first kappa shape index (κ1) is 12.7. The van der Waals surface area contributed by atoms with Crippen molar-refractivity contribution in [2.45, 2.75) is 31.2 Å². The Hall–Kier alpha value is -1.74. The van der Waals surface area contributed by atoms with E-state index in [1.807, 2.05) is 0 Å². The van der Waals surface area contributed by atoms with Crippen molar-refractivity contribution in [3.8, 4) is 11.8 Å². The van der Waals surface area contributed by atoms with Crippen molar-refractivity contribution in [1.82, 2.24) is 0 Å². The number of hydrogen-bond acceptors (Lipinski definition) is 3. The lowest BCUT2D eigenvalue weighted by Gasteiger charge is -2.32. The Morgan fingerprint density at radius 3 is 2.50 bits per heavy atom. The topological polar surface area (TPSA) is 59.0 Å². The molecule has 1 saturated carbocycles. The lowest BCUT2D eigenvalue weighted by Crippen LogP contribution is -2.43. The molecule has 1 aliphatic carbocycles. The summed E-state index contributed by atoms with van der Waals surface area (Å²) in [6, 6.07) is 4.95. The summed E-state index contributed by atoms with van der Waals surface area (Å²) in [7, 11) is 0. The van der Waals surface area contributed by atoms with Crippen molar-refractivity contribution in [2.24, 2.45) is 5.73 Å². The van der Waals surface area contributed by atoms with Crippen molar-refractivity contribution in [1.29, 1.82) is 5.26 Å². The van der Waals surface area contributed by atoms with E-state index < -0.39 is 17.3 Å². The van der Waals surface area contributed by atoms with Crippen LogP contribution in [0.3, 0.4) is 0 Å². The van der Waals surface area contributed by atoms with E-state index in [1.165, 1.54) is 12.1 Å². The predicted molar refractivity (Wildman–Crippen MR) is 57.8 cm³/mol. The molecule has 18 heavy (non-hydrogen) atoms. The number of nitrogens with two attached hydrogens (primary N) is 1. The van der Waals surface area contributed by atoms with Crippen molar-refractivity contribution < 1.29 is 17.9 Å². The van der Waals surface area contributed by atoms with Gasteiger partial charge in [-0.3, -0.25) is 0 Å². The number of hydrogen-bond donors (Lipinski definition) is 1. The molecule has 0 spiro atoms. The quantitative estimate of drug-likeness (QED) is 0.884. The summed E-state index contributed by atoms with van der Waals surface area (Å²) >= 11 is 0. The minimum Gasteiger partial charge on any atom is -0.490 e. The van der Waals surface area contributed by atoms with Gasteiger partial charge in [0.1, 0.15) is 11.9 Å². The number of nitriles is 1. The highest BCUT2D eigenvalue weighted by atomic mass is 19.4. The Bertz CT molecular complexity index is 487. The lowest BCUT2D eigenvalue weighted by atomic mass is 9.90. The molecule has 0 aliphatic heterocycles. The molecule has 1 aromatic carbocycles. The summed E-state index contributed by atoms with van der Waals surface area (Å²) in [6.07, 6.45) is -3.41. The van der Waals surface area contributed by atoms with E-state index in [-0.39, 0.29) is 17.9 Å². The number of benzene rings is 1. The highest BCUT2D eigenvalue weighted by molar-refractivity contribution is 5.44. The fraction of sp³-hybridized carbons (Fsp3) is 0.417. The van der Waals surface area contributed by atoms with Crippen molar-refractivity contribution >= 4 is 0 Å². The molecule has 0 saturated heterocycles. The zero-order valence-electron chi connectivity index (χ0n) is 9.37. The highest BCUT2D eigenvalue weighted by Crippen LogP contribution is 2.35. The molecule has 0 amide bonds. The van der Waals surface area contributed by atoms with Gasteiger partial charge in [0.15, 0.2) is 0 Å². The maximum absolute atomic E-state index is 12.7. The standard InChI is InChI=1S/C12H11F3N2O/c13-12(14,15)11-5-9(2-1-7(11)6-16)18-10-3-8(17)4-10/h1-2,5,8,10H,3-4,17H2. The van der Waals surface area contributed by atoms with Gasteiger partial charge in [0, 0.05) is 6.04 Å². The molecule has 96 valence electrons. The summed E-state index contributed by atoms with van der Waals surface area (Å²) in [4.78, 5) is 0. The Labute approximate surface area is 102 Å². The predicted octanol–water partition coefficient (Wildman–Crippen LogP) is 2.45. The average Bonchev–Trinajstić information content (AvgIpc) is 2.26. The Balaban J connectivity index is 2.21. The van der Waals surface area contributed by atoms with Gasteiger partial charge < -0.3 is 10.5 Å². The van der Waals surface area contributed by atoms with Crippen LogP contribution in [0.5, 0.6) is 5.75 Å². The Kier molecular flexibility index (Phi) is 3.18. The molecule has 2 rings (SSSR count). The first-order chi connectivity index (χ1) is 8.40. The Morgan fingerprint density at radius 1 is 1.33 bits per heavy atom. The first-order valence-corrected chi connectivity index (χ1v) is 5.43. The SMILES string of the molecule is N#Cc1ccc(OC2CC(N)C2)cc1C(F)(F)F. The third kappa shape index (κ3) is 2.57. The number of ether oxygens (including phenoxy) is 1. The van der Waals surface area contributed by atoms with Crippen LogP contribution in [0.1, 0.15) is 24.0 Å². The molecule has 0 bridgehead atoms.